The van der Waals surface area contributed by atoms with Gasteiger partial charge in [-0.2, -0.15) is 0 Å². The molecule has 0 atom stereocenters. The number of hydrogen-bond donors (Lipinski definition) is 1. The first-order valence-electron chi connectivity index (χ1n) is 9.00. The Bertz CT molecular complexity index is 861. The van der Waals surface area contributed by atoms with E-state index in [0.717, 1.165) is 24.1 Å². The lowest BCUT2D eigenvalue weighted by atomic mass is 10.0. The molecule has 1 aliphatic heterocycles. The van der Waals surface area contributed by atoms with Gasteiger partial charge in [-0.1, -0.05) is 18.2 Å². The average molecular weight is 365 g/mol. The number of nitrogens with zero attached hydrogens (tertiary/aromatic N) is 2. The second kappa shape index (κ2) is 8.03. The predicted octanol–water partition coefficient (Wildman–Crippen LogP) is 2.98. The van der Waals surface area contributed by atoms with Crippen LogP contribution in [0.1, 0.15) is 25.8 Å². The first-order valence-corrected chi connectivity index (χ1v) is 9.00. The lowest BCUT2D eigenvalue weighted by Crippen LogP contribution is -2.44. The van der Waals surface area contributed by atoms with Crippen LogP contribution in [-0.4, -0.2) is 30.8 Å². The largest absolute Gasteiger partial charge is 0.326 e. The van der Waals surface area contributed by atoms with E-state index < -0.39 is 0 Å². The van der Waals surface area contributed by atoms with Gasteiger partial charge in [-0.15, -0.1) is 0 Å². The van der Waals surface area contributed by atoms with Crippen LogP contribution >= 0.6 is 0 Å². The molecule has 6 nitrogen and oxygen atoms in total. The van der Waals surface area contributed by atoms with E-state index in [-0.39, 0.29) is 24.3 Å². The van der Waals surface area contributed by atoms with Crippen molar-refractivity contribution in [3.8, 4) is 0 Å². The highest BCUT2D eigenvalue weighted by atomic mass is 16.2. The summed E-state index contributed by atoms with van der Waals surface area (Å²) in [5.41, 5.74) is 3.35. The molecule has 2 aromatic rings. The van der Waals surface area contributed by atoms with E-state index in [1.165, 1.54) is 18.7 Å². The highest BCUT2D eigenvalue weighted by Gasteiger charge is 2.25. The van der Waals surface area contributed by atoms with E-state index in [2.05, 4.69) is 5.32 Å². The van der Waals surface area contributed by atoms with Gasteiger partial charge in [0.15, 0.2) is 0 Å². The van der Waals surface area contributed by atoms with Gasteiger partial charge in [0.25, 0.3) is 0 Å². The van der Waals surface area contributed by atoms with Crippen molar-refractivity contribution in [2.75, 3.05) is 28.2 Å². The molecule has 1 N–H and O–H groups in total. The standard InChI is InChI=1S/C21H23N3O3/c1-15(25)22-18-9-11-19(12-10-18)24(16(2)26)14-21(27)23-13-5-7-17-6-3-4-8-20(17)23/h3-4,6,8-12H,5,7,13-14H2,1-2H3,(H,22,25). The molecular weight excluding hydrogens is 342 g/mol. The SMILES string of the molecule is CC(=O)Nc1ccc(N(CC(=O)N2CCCc3ccccc32)C(C)=O)cc1. The van der Waals surface area contributed by atoms with Crippen LogP contribution in [0.25, 0.3) is 0 Å². The molecule has 0 bridgehead atoms. The Hall–Kier alpha value is -3.15. The van der Waals surface area contributed by atoms with Gasteiger partial charge in [0.1, 0.15) is 6.54 Å². The van der Waals surface area contributed by atoms with Crippen molar-refractivity contribution < 1.29 is 14.4 Å². The Morgan fingerprint density at radius 2 is 1.74 bits per heavy atom. The van der Waals surface area contributed by atoms with Crippen molar-refractivity contribution in [3.63, 3.8) is 0 Å². The van der Waals surface area contributed by atoms with Crippen molar-refractivity contribution in [1.29, 1.82) is 0 Å². The summed E-state index contributed by atoms with van der Waals surface area (Å²) in [4.78, 5) is 39.4. The molecule has 0 saturated carbocycles. The molecular formula is C21H23N3O3. The molecule has 3 amide bonds. The normalized spacial score (nSPS) is 12.9. The van der Waals surface area contributed by atoms with E-state index in [1.807, 2.05) is 24.3 Å². The van der Waals surface area contributed by atoms with Crippen molar-refractivity contribution in [1.82, 2.24) is 0 Å². The molecule has 6 heteroatoms. The number of carbonyl (C=O) groups excluding carboxylic acids is 3. The zero-order valence-corrected chi connectivity index (χ0v) is 15.6. The van der Waals surface area contributed by atoms with Crippen LogP contribution in [0.4, 0.5) is 17.1 Å². The maximum absolute atomic E-state index is 12.9. The van der Waals surface area contributed by atoms with Gasteiger partial charge >= 0.3 is 0 Å². The fourth-order valence-corrected chi connectivity index (χ4v) is 3.33. The van der Waals surface area contributed by atoms with E-state index in [4.69, 9.17) is 0 Å². The maximum atomic E-state index is 12.9. The molecule has 0 spiro atoms. The zero-order valence-electron chi connectivity index (χ0n) is 15.6. The Morgan fingerprint density at radius 3 is 2.41 bits per heavy atom. The number of carbonyl (C=O) groups is 3. The smallest absolute Gasteiger partial charge is 0.247 e. The van der Waals surface area contributed by atoms with Crippen LogP contribution in [0.15, 0.2) is 48.5 Å². The summed E-state index contributed by atoms with van der Waals surface area (Å²) in [6, 6.07) is 14.8. The summed E-state index contributed by atoms with van der Waals surface area (Å²) in [6.07, 6.45) is 1.87. The molecule has 1 aliphatic rings. The van der Waals surface area contributed by atoms with Crippen LogP contribution in [0, 0.1) is 0 Å². The van der Waals surface area contributed by atoms with Crippen molar-refractivity contribution in [2.24, 2.45) is 0 Å². The summed E-state index contributed by atoms with van der Waals surface area (Å²) in [5, 5.41) is 2.69. The number of benzene rings is 2. The molecule has 0 aromatic heterocycles. The average Bonchev–Trinajstić information content (AvgIpc) is 2.65. The van der Waals surface area contributed by atoms with Crippen LogP contribution in [0.2, 0.25) is 0 Å². The number of aryl methyl sites for hydroxylation is 1. The molecule has 27 heavy (non-hydrogen) atoms. The molecule has 0 saturated heterocycles. The lowest BCUT2D eigenvalue weighted by Gasteiger charge is -2.31. The summed E-state index contributed by atoms with van der Waals surface area (Å²) < 4.78 is 0. The fraction of sp³-hybridized carbons (Fsp3) is 0.286. The van der Waals surface area contributed by atoms with Crippen LogP contribution < -0.4 is 15.1 Å². The van der Waals surface area contributed by atoms with Gasteiger partial charge < -0.3 is 15.1 Å². The Balaban J connectivity index is 1.78. The lowest BCUT2D eigenvalue weighted by molar-refractivity contribution is -0.121. The van der Waals surface area contributed by atoms with E-state index in [0.29, 0.717) is 17.9 Å². The maximum Gasteiger partial charge on any atom is 0.247 e. The van der Waals surface area contributed by atoms with Crippen LogP contribution in [0.5, 0.6) is 0 Å². The number of para-hydroxylation sites is 1. The van der Waals surface area contributed by atoms with Crippen molar-refractivity contribution in [2.45, 2.75) is 26.7 Å². The third-order valence-electron chi connectivity index (χ3n) is 4.58. The highest BCUT2D eigenvalue weighted by Crippen LogP contribution is 2.27. The van der Waals surface area contributed by atoms with Gasteiger partial charge in [-0.25, -0.2) is 0 Å². The number of hydrogen-bond acceptors (Lipinski definition) is 3. The second-order valence-corrected chi connectivity index (χ2v) is 6.61. The Morgan fingerprint density at radius 1 is 1.04 bits per heavy atom. The third-order valence-corrected chi connectivity index (χ3v) is 4.58. The molecule has 0 radical (unpaired) electrons. The number of amides is 3. The van der Waals surface area contributed by atoms with E-state index >= 15 is 0 Å². The van der Waals surface area contributed by atoms with Crippen molar-refractivity contribution in [3.05, 3.63) is 54.1 Å². The fourth-order valence-electron chi connectivity index (χ4n) is 3.33. The monoisotopic (exact) mass is 365 g/mol. The minimum Gasteiger partial charge on any atom is -0.326 e. The number of rotatable bonds is 4. The Labute approximate surface area is 158 Å². The summed E-state index contributed by atoms with van der Waals surface area (Å²) in [7, 11) is 0. The molecule has 0 aliphatic carbocycles. The van der Waals surface area contributed by atoms with Gasteiger partial charge in [-0.05, 0) is 48.7 Å². The van der Waals surface area contributed by atoms with Gasteiger partial charge in [0.05, 0.1) is 0 Å². The third kappa shape index (κ3) is 4.34. The molecule has 0 fully saturated rings. The van der Waals surface area contributed by atoms with E-state index in [9.17, 15) is 14.4 Å². The minimum atomic E-state index is -0.207. The first kappa shape index (κ1) is 18.6. The molecule has 2 aromatic carbocycles. The van der Waals surface area contributed by atoms with Crippen LogP contribution in [0.3, 0.4) is 0 Å². The summed E-state index contributed by atoms with van der Waals surface area (Å²) >= 11 is 0. The van der Waals surface area contributed by atoms with Crippen molar-refractivity contribution >= 4 is 34.8 Å². The van der Waals surface area contributed by atoms with Gasteiger partial charge in [-0.3, -0.25) is 14.4 Å². The van der Waals surface area contributed by atoms with Gasteiger partial charge in [0, 0.05) is 37.5 Å². The second-order valence-electron chi connectivity index (χ2n) is 6.61. The zero-order chi connectivity index (χ0) is 19.4. The summed E-state index contributed by atoms with van der Waals surface area (Å²) in [5.74, 6) is -0.477. The molecule has 3 rings (SSSR count). The quantitative estimate of drug-likeness (QED) is 0.906. The number of nitrogens with one attached hydrogen (secondary N) is 1. The molecule has 140 valence electrons. The van der Waals surface area contributed by atoms with Crippen LogP contribution in [-0.2, 0) is 20.8 Å². The molecule has 0 unspecified atom stereocenters. The molecule has 1 heterocycles. The topological polar surface area (TPSA) is 69.7 Å². The first-order chi connectivity index (χ1) is 13.0. The van der Waals surface area contributed by atoms with E-state index in [1.54, 1.807) is 29.2 Å². The number of fused-ring (bicyclic) bond motifs is 1. The minimum absolute atomic E-state index is 0.0247. The predicted molar refractivity (Wildman–Crippen MR) is 106 cm³/mol. The number of anilines is 3. The summed E-state index contributed by atoms with van der Waals surface area (Å²) in [6.45, 7) is 3.51. The van der Waals surface area contributed by atoms with Gasteiger partial charge in [0.2, 0.25) is 17.7 Å². The Kier molecular flexibility index (Phi) is 5.54. The highest BCUT2D eigenvalue weighted by molar-refractivity contribution is 6.03.